The van der Waals surface area contributed by atoms with Gasteiger partial charge in [-0.05, 0) is 86.4 Å². The van der Waals surface area contributed by atoms with Gasteiger partial charge in [0.05, 0.1) is 18.5 Å². The van der Waals surface area contributed by atoms with E-state index in [-0.39, 0.29) is 25.0 Å². The number of aliphatic hydroxyl groups is 1. The highest BCUT2D eigenvalue weighted by Gasteiger charge is 2.31. The smallest absolute Gasteiger partial charge is 0.330 e. The van der Waals surface area contributed by atoms with Crippen molar-refractivity contribution < 1.29 is 24.2 Å². The van der Waals surface area contributed by atoms with E-state index in [1.54, 1.807) is 12.1 Å². The lowest BCUT2D eigenvalue weighted by molar-refractivity contribution is -0.138. The molecule has 3 fully saturated rings. The number of hydrogen-bond donors (Lipinski definition) is 1. The summed E-state index contributed by atoms with van der Waals surface area (Å²) in [4.78, 5) is 37.2. The summed E-state index contributed by atoms with van der Waals surface area (Å²) in [5, 5.41) is 9.36. The zero-order chi connectivity index (χ0) is 29.3. The van der Waals surface area contributed by atoms with E-state index in [1.807, 2.05) is 23.2 Å². The number of aromatic nitrogens is 1. The Morgan fingerprint density at radius 2 is 1.81 bits per heavy atom. The number of esters is 1. The average Bonchev–Trinajstić information content (AvgIpc) is 3.57. The summed E-state index contributed by atoms with van der Waals surface area (Å²) in [6.07, 6.45) is 10.7. The average molecular weight is 597 g/mol. The second-order valence-corrected chi connectivity index (χ2v) is 11.7. The van der Waals surface area contributed by atoms with Crippen LogP contribution >= 0.6 is 11.6 Å². The Kier molecular flexibility index (Phi) is 10.7. The molecule has 10 heteroatoms. The van der Waals surface area contributed by atoms with Crippen LogP contribution in [-0.4, -0.2) is 81.1 Å². The van der Waals surface area contributed by atoms with E-state index >= 15 is 0 Å². The van der Waals surface area contributed by atoms with E-state index in [1.165, 1.54) is 18.9 Å². The zero-order valence-corrected chi connectivity index (χ0v) is 24.9. The normalized spacial score (nSPS) is 18.5. The van der Waals surface area contributed by atoms with Crippen LogP contribution in [0, 0.1) is 11.8 Å². The first-order valence-electron chi connectivity index (χ1n) is 15.1. The number of anilines is 3. The Morgan fingerprint density at radius 1 is 1.05 bits per heavy atom. The minimum atomic E-state index is -0.548. The summed E-state index contributed by atoms with van der Waals surface area (Å²) in [6.45, 7) is 5.49. The van der Waals surface area contributed by atoms with Crippen LogP contribution in [-0.2, 0) is 19.1 Å². The zero-order valence-electron chi connectivity index (χ0n) is 24.1. The molecule has 42 heavy (non-hydrogen) atoms. The first-order valence-corrected chi connectivity index (χ1v) is 15.5. The predicted molar refractivity (Wildman–Crippen MR) is 165 cm³/mol. The molecule has 0 aliphatic carbocycles. The van der Waals surface area contributed by atoms with Gasteiger partial charge in [-0.25, -0.2) is 9.78 Å². The van der Waals surface area contributed by atoms with Gasteiger partial charge in [0, 0.05) is 68.6 Å². The molecule has 1 aromatic carbocycles. The first kappa shape index (κ1) is 30.3. The van der Waals surface area contributed by atoms with Gasteiger partial charge in [-0.3, -0.25) is 4.79 Å². The van der Waals surface area contributed by atoms with Crippen LogP contribution in [0.1, 0.15) is 44.1 Å². The van der Waals surface area contributed by atoms with Crippen LogP contribution in [0.25, 0.3) is 6.08 Å². The Morgan fingerprint density at radius 3 is 2.50 bits per heavy atom. The van der Waals surface area contributed by atoms with Crippen molar-refractivity contribution in [2.45, 2.75) is 38.5 Å². The summed E-state index contributed by atoms with van der Waals surface area (Å²) in [6, 6.07) is 9.78. The molecule has 1 amide bonds. The summed E-state index contributed by atoms with van der Waals surface area (Å²) in [7, 11) is 0. The SMILES string of the molecule is O=C(/C=C/c1cc(Cl)cc(N(CC2CCN(c3ccc(N4CCCC4)nc3)CC2)C(=O)C2CCOCC2)c1)OCCO. The number of carbonyl (C=O) groups excluding carboxylic acids is 2. The Balaban J connectivity index is 1.27. The van der Waals surface area contributed by atoms with Gasteiger partial charge in [0.2, 0.25) is 5.91 Å². The summed E-state index contributed by atoms with van der Waals surface area (Å²) in [5.74, 6) is 0.861. The highest BCUT2D eigenvalue weighted by Crippen LogP contribution is 2.31. The molecule has 226 valence electrons. The van der Waals surface area contributed by atoms with Crippen molar-refractivity contribution >= 4 is 46.7 Å². The third-order valence-corrected chi connectivity index (χ3v) is 8.60. The highest BCUT2D eigenvalue weighted by atomic mass is 35.5. The van der Waals surface area contributed by atoms with Crippen LogP contribution < -0.4 is 14.7 Å². The van der Waals surface area contributed by atoms with Gasteiger partial charge in [-0.1, -0.05) is 11.6 Å². The number of benzene rings is 1. The van der Waals surface area contributed by atoms with E-state index in [0.29, 0.717) is 49.1 Å². The number of nitrogens with zero attached hydrogens (tertiary/aromatic N) is 4. The minimum absolute atomic E-state index is 0.0589. The molecule has 0 bridgehead atoms. The maximum absolute atomic E-state index is 13.9. The number of hydrogen-bond acceptors (Lipinski definition) is 8. The fourth-order valence-corrected chi connectivity index (χ4v) is 6.26. The van der Waals surface area contributed by atoms with E-state index in [2.05, 4.69) is 21.9 Å². The molecule has 0 unspecified atom stereocenters. The van der Waals surface area contributed by atoms with E-state index in [0.717, 1.165) is 56.2 Å². The van der Waals surface area contributed by atoms with Gasteiger partial charge in [-0.15, -0.1) is 0 Å². The van der Waals surface area contributed by atoms with Crippen molar-refractivity contribution in [3.05, 3.63) is 53.2 Å². The lowest BCUT2D eigenvalue weighted by Gasteiger charge is -2.37. The minimum Gasteiger partial charge on any atom is -0.460 e. The van der Waals surface area contributed by atoms with E-state index in [9.17, 15) is 9.59 Å². The van der Waals surface area contributed by atoms with Crippen molar-refractivity contribution in [1.29, 1.82) is 0 Å². The van der Waals surface area contributed by atoms with Gasteiger partial charge in [0.15, 0.2) is 0 Å². The van der Waals surface area contributed by atoms with E-state index < -0.39 is 5.97 Å². The topological polar surface area (TPSA) is 95.4 Å². The van der Waals surface area contributed by atoms with Gasteiger partial charge >= 0.3 is 5.97 Å². The Hall–Kier alpha value is -3.14. The number of rotatable bonds is 10. The molecule has 3 saturated heterocycles. The fourth-order valence-electron chi connectivity index (χ4n) is 6.03. The van der Waals surface area contributed by atoms with E-state index in [4.69, 9.17) is 31.2 Å². The monoisotopic (exact) mass is 596 g/mol. The van der Waals surface area contributed by atoms with Crippen molar-refractivity contribution in [1.82, 2.24) is 4.98 Å². The highest BCUT2D eigenvalue weighted by molar-refractivity contribution is 6.31. The number of piperidine rings is 1. The molecule has 0 atom stereocenters. The number of pyridine rings is 1. The fraction of sp³-hybridized carbons (Fsp3) is 0.531. The van der Waals surface area contributed by atoms with Crippen molar-refractivity contribution in [3.63, 3.8) is 0 Å². The maximum atomic E-state index is 13.9. The molecule has 3 aliphatic rings. The third-order valence-electron chi connectivity index (χ3n) is 8.38. The van der Waals surface area contributed by atoms with Crippen molar-refractivity contribution in [3.8, 4) is 0 Å². The lowest BCUT2D eigenvalue weighted by Crippen LogP contribution is -2.44. The van der Waals surface area contributed by atoms with Gasteiger partial charge in [-0.2, -0.15) is 0 Å². The van der Waals surface area contributed by atoms with Gasteiger partial charge in [0.1, 0.15) is 12.4 Å². The summed E-state index contributed by atoms with van der Waals surface area (Å²) < 4.78 is 10.4. The van der Waals surface area contributed by atoms with Gasteiger partial charge in [0.25, 0.3) is 0 Å². The lowest BCUT2D eigenvalue weighted by atomic mass is 9.93. The first-order chi connectivity index (χ1) is 20.5. The molecular weight excluding hydrogens is 556 g/mol. The number of halogens is 1. The molecule has 4 heterocycles. The molecule has 3 aliphatic heterocycles. The Bertz CT molecular complexity index is 1220. The summed E-state index contributed by atoms with van der Waals surface area (Å²) in [5.41, 5.74) is 2.57. The molecule has 9 nitrogen and oxygen atoms in total. The quantitative estimate of drug-likeness (QED) is 0.315. The van der Waals surface area contributed by atoms with Crippen molar-refractivity contribution in [2.75, 3.05) is 73.9 Å². The van der Waals surface area contributed by atoms with Crippen LogP contribution in [0.15, 0.2) is 42.6 Å². The molecule has 1 aromatic heterocycles. The largest absolute Gasteiger partial charge is 0.460 e. The molecular formula is C32H41ClN4O5. The predicted octanol–water partition coefficient (Wildman–Crippen LogP) is 4.56. The van der Waals surface area contributed by atoms with Crippen LogP contribution in [0.2, 0.25) is 5.02 Å². The Labute approximate surface area is 253 Å². The molecule has 0 radical (unpaired) electrons. The number of amides is 1. The van der Waals surface area contributed by atoms with Gasteiger partial charge < -0.3 is 29.3 Å². The molecule has 1 N–H and O–H groups in total. The molecule has 0 spiro atoms. The summed E-state index contributed by atoms with van der Waals surface area (Å²) >= 11 is 6.51. The number of ether oxygens (including phenoxy) is 2. The third kappa shape index (κ3) is 8.02. The standard InChI is InChI=1S/C32H41ClN4O5/c33-27-19-25(3-6-31(39)42-18-15-38)20-29(21-27)37(32(40)26-9-16-41-17-10-26)23-24-7-13-35(14-8-24)28-4-5-30(34-22-28)36-11-1-2-12-36/h3-6,19-22,24,26,38H,1-2,7-18,23H2/b6-3+. The van der Waals surface area contributed by atoms with Crippen LogP contribution in [0.3, 0.4) is 0 Å². The molecule has 5 rings (SSSR count). The number of carbonyl (C=O) groups is 2. The van der Waals surface area contributed by atoms with Crippen LogP contribution in [0.5, 0.6) is 0 Å². The second-order valence-electron chi connectivity index (χ2n) is 11.3. The number of aliphatic hydroxyl groups excluding tert-OH is 1. The second kappa shape index (κ2) is 14.8. The maximum Gasteiger partial charge on any atom is 0.330 e. The van der Waals surface area contributed by atoms with Crippen molar-refractivity contribution in [2.24, 2.45) is 11.8 Å². The van der Waals surface area contributed by atoms with Crippen LogP contribution in [0.4, 0.5) is 17.2 Å². The molecule has 0 saturated carbocycles. The molecule has 2 aromatic rings.